The van der Waals surface area contributed by atoms with E-state index in [2.05, 4.69) is 31.0 Å². The summed E-state index contributed by atoms with van der Waals surface area (Å²) >= 11 is 1.25. The van der Waals surface area contributed by atoms with E-state index in [1.807, 2.05) is 38.1 Å². The van der Waals surface area contributed by atoms with Crippen LogP contribution in [-0.4, -0.2) is 32.2 Å². The van der Waals surface area contributed by atoms with Crippen molar-refractivity contribution in [3.63, 3.8) is 0 Å². The molecule has 2 heterocycles. The molecule has 146 valence electrons. The van der Waals surface area contributed by atoms with Crippen molar-refractivity contribution in [3.05, 3.63) is 57.3 Å². The van der Waals surface area contributed by atoms with E-state index in [-0.39, 0.29) is 11.8 Å². The fourth-order valence-corrected chi connectivity index (χ4v) is 3.28. The van der Waals surface area contributed by atoms with E-state index in [9.17, 15) is 9.59 Å². The number of amides is 2. The summed E-state index contributed by atoms with van der Waals surface area (Å²) in [6, 6.07) is 7.55. The van der Waals surface area contributed by atoms with Crippen LogP contribution < -0.4 is 10.6 Å². The van der Waals surface area contributed by atoms with Crippen LogP contribution in [0.2, 0.25) is 0 Å². The number of nitrogens with one attached hydrogen (secondary N) is 3. The largest absolute Gasteiger partial charge is 0.352 e. The highest BCUT2D eigenvalue weighted by molar-refractivity contribution is 7.13. The molecule has 0 aliphatic rings. The highest BCUT2D eigenvalue weighted by Gasteiger charge is 2.13. The Bertz CT molecular complexity index is 948. The molecule has 9 heteroatoms. The van der Waals surface area contributed by atoms with Crippen molar-refractivity contribution in [2.75, 3.05) is 5.32 Å². The highest BCUT2D eigenvalue weighted by atomic mass is 32.1. The molecule has 2 aromatic heterocycles. The van der Waals surface area contributed by atoms with E-state index in [1.54, 1.807) is 6.20 Å². The maximum absolute atomic E-state index is 12.2. The number of nitrogens with zero attached hydrogens (tertiary/aromatic N) is 3. The number of hydrogen-bond acceptors (Lipinski definition) is 6. The van der Waals surface area contributed by atoms with E-state index in [0.717, 1.165) is 27.5 Å². The second kappa shape index (κ2) is 9.23. The van der Waals surface area contributed by atoms with Crippen LogP contribution in [0, 0.1) is 13.8 Å². The van der Waals surface area contributed by atoms with Crippen LogP contribution in [-0.2, 0) is 17.8 Å². The van der Waals surface area contributed by atoms with Crippen molar-refractivity contribution in [2.24, 2.45) is 0 Å². The van der Waals surface area contributed by atoms with Crippen molar-refractivity contribution in [2.45, 2.75) is 39.7 Å². The highest BCUT2D eigenvalue weighted by Crippen LogP contribution is 2.15. The molecule has 0 fully saturated rings. The van der Waals surface area contributed by atoms with Gasteiger partial charge in [-0.1, -0.05) is 29.0 Å². The molecule has 0 bridgehead atoms. The van der Waals surface area contributed by atoms with Crippen LogP contribution >= 0.6 is 11.3 Å². The van der Waals surface area contributed by atoms with Crippen LogP contribution in [0.5, 0.6) is 0 Å². The lowest BCUT2D eigenvalue weighted by atomic mass is 10.2. The molecule has 0 unspecified atom stereocenters. The van der Waals surface area contributed by atoms with Gasteiger partial charge in [0.2, 0.25) is 10.9 Å². The number of carbonyl (C=O) groups is 2. The molecule has 0 atom stereocenters. The van der Waals surface area contributed by atoms with Crippen LogP contribution in [0.25, 0.3) is 0 Å². The first kappa shape index (κ1) is 19.7. The number of aryl methyl sites for hydroxylation is 3. The maximum Gasteiger partial charge on any atom is 0.286 e. The van der Waals surface area contributed by atoms with E-state index in [1.165, 1.54) is 11.3 Å². The van der Waals surface area contributed by atoms with Gasteiger partial charge < -0.3 is 10.6 Å². The quantitative estimate of drug-likeness (QED) is 0.540. The molecule has 3 rings (SSSR count). The molecule has 0 saturated heterocycles. The topological polar surface area (TPSA) is 113 Å². The predicted octanol–water partition coefficient (Wildman–Crippen LogP) is 2.77. The number of aromatic nitrogens is 4. The Morgan fingerprint density at radius 1 is 1.14 bits per heavy atom. The second-order valence-electron chi connectivity index (χ2n) is 6.47. The van der Waals surface area contributed by atoms with E-state index >= 15 is 0 Å². The van der Waals surface area contributed by atoms with Gasteiger partial charge in [0.1, 0.15) is 5.01 Å². The molecule has 28 heavy (non-hydrogen) atoms. The van der Waals surface area contributed by atoms with Gasteiger partial charge >= 0.3 is 0 Å². The minimum Gasteiger partial charge on any atom is -0.352 e. The summed E-state index contributed by atoms with van der Waals surface area (Å²) in [6.45, 7) is 4.36. The average Bonchev–Trinajstić information content (AvgIpc) is 3.31. The number of rotatable bonds is 8. The second-order valence-corrected chi connectivity index (χ2v) is 7.53. The molecule has 0 aliphatic heterocycles. The van der Waals surface area contributed by atoms with Crippen molar-refractivity contribution in [1.29, 1.82) is 0 Å². The third-order valence-corrected chi connectivity index (χ3v) is 5.16. The van der Waals surface area contributed by atoms with Gasteiger partial charge in [0.05, 0.1) is 6.20 Å². The Morgan fingerprint density at radius 2 is 1.93 bits per heavy atom. The van der Waals surface area contributed by atoms with Gasteiger partial charge in [-0.3, -0.25) is 14.7 Å². The van der Waals surface area contributed by atoms with Gasteiger partial charge in [0.15, 0.2) is 0 Å². The van der Waals surface area contributed by atoms with Gasteiger partial charge in [-0.2, -0.15) is 5.10 Å². The normalized spacial score (nSPS) is 10.6. The molecule has 8 nitrogen and oxygen atoms in total. The minimum atomic E-state index is -0.277. The maximum atomic E-state index is 12.2. The number of benzene rings is 1. The number of anilines is 1. The summed E-state index contributed by atoms with van der Waals surface area (Å²) in [5, 5.41) is 21.5. The monoisotopic (exact) mass is 398 g/mol. The Balaban J connectivity index is 1.41. The molecule has 0 radical (unpaired) electrons. The molecule has 0 saturated carbocycles. The summed E-state index contributed by atoms with van der Waals surface area (Å²) in [5.41, 5.74) is 3.77. The van der Waals surface area contributed by atoms with Crippen LogP contribution in [0.1, 0.15) is 44.5 Å². The average molecular weight is 398 g/mol. The van der Waals surface area contributed by atoms with Crippen LogP contribution in [0.3, 0.4) is 0 Å². The zero-order chi connectivity index (χ0) is 19.9. The van der Waals surface area contributed by atoms with Gasteiger partial charge in [0, 0.05) is 36.3 Å². The summed E-state index contributed by atoms with van der Waals surface area (Å²) in [6.07, 6.45) is 3.35. The SMILES string of the molecule is Cc1ccc(NC(=O)c2nnc(CCCC(=O)NCc3cn[nH]c3C)s2)cc1. The smallest absolute Gasteiger partial charge is 0.286 e. The third-order valence-electron chi connectivity index (χ3n) is 4.18. The molecular weight excluding hydrogens is 376 g/mol. The number of carbonyl (C=O) groups excluding carboxylic acids is 2. The molecule has 3 aromatic rings. The van der Waals surface area contributed by atoms with Crippen molar-refractivity contribution in [3.8, 4) is 0 Å². The Kier molecular flexibility index (Phi) is 6.49. The Morgan fingerprint density at radius 3 is 2.64 bits per heavy atom. The number of H-pyrrole nitrogens is 1. The van der Waals surface area contributed by atoms with Crippen LogP contribution in [0.15, 0.2) is 30.5 Å². The summed E-state index contributed by atoms with van der Waals surface area (Å²) in [5.74, 6) is -0.303. The first-order valence-corrected chi connectivity index (χ1v) is 9.79. The predicted molar refractivity (Wildman–Crippen MR) is 107 cm³/mol. The summed E-state index contributed by atoms with van der Waals surface area (Å²) in [4.78, 5) is 24.2. The lowest BCUT2D eigenvalue weighted by molar-refractivity contribution is -0.121. The van der Waals surface area contributed by atoms with E-state index < -0.39 is 0 Å². The van der Waals surface area contributed by atoms with Gasteiger partial charge in [-0.05, 0) is 32.4 Å². The Labute approximate surface area is 166 Å². The zero-order valence-electron chi connectivity index (χ0n) is 15.8. The molecule has 2 amide bonds. The molecule has 1 aromatic carbocycles. The fourth-order valence-electron chi connectivity index (χ4n) is 2.50. The summed E-state index contributed by atoms with van der Waals surface area (Å²) in [7, 11) is 0. The lowest BCUT2D eigenvalue weighted by Crippen LogP contribution is -2.22. The summed E-state index contributed by atoms with van der Waals surface area (Å²) < 4.78 is 0. The fraction of sp³-hybridized carbons (Fsp3) is 0.316. The minimum absolute atomic E-state index is 0.0255. The third kappa shape index (κ3) is 5.46. The van der Waals surface area contributed by atoms with Gasteiger partial charge in [0.25, 0.3) is 5.91 Å². The van der Waals surface area contributed by atoms with Crippen molar-refractivity contribution >= 4 is 28.8 Å². The Hall–Kier alpha value is -3.07. The lowest BCUT2D eigenvalue weighted by Gasteiger charge is -2.03. The zero-order valence-corrected chi connectivity index (χ0v) is 16.6. The van der Waals surface area contributed by atoms with Crippen molar-refractivity contribution < 1.29 is 9.59 Å². The first-order chi connectivity index (χ1) is 13.5. The number of aromatic amines is 1. The molecular formula is C19H22N6O2S. The first-order valence-electron chi connectivity index (χ1n) is 8.97. The molecule has 3 N–H and O–H groups in total. The molecule has 0 spiro atoms. The van der Waals surface area contributed by atoms with Gasteiger partial charge in [-0.15, -0.1) is 10.2 Å². The van der Waals surface area contributed by atoms with E-state index in [0.29, 0.717) is 30.8 Å². The number of hydrogen-bond donors (Lipinski definition) is 3. The van der Waals surface area contributed by atoms with Crippen molar-refractivity contribution in [1.82, 2.24) is 25.7 Å². The van der Waals surface area contributed by atoms with E-state index in [4.69, 9.17) is 0 Å². The standard InChI is InChI=1S/C19H22N6O2S/c1-12-6-8-15(9-7-12)22-18(27)19-25-24-17(28-19)5-3-4-16(26)20-10-14-11-21-23-13(14)2/h6-9,11H,3-5,10H2,1-2H3,(H,20,26)(H,21,23)(H,22,27). The van der Waals surface area contributed by atoms with Crippen LogP contribution in [0.4, 0.5) is 5.69 Å². The van der Waals surface area contributed by atoms with Gasteiger partial charge in [-0.25, -0.2) is 0 Å². The molecule has 0 aliphatic carbocycles.